The van der Waals surface area contributed by atoms with Crippen LogP contribution in [-0.4, -0.2) is 22.5 Å². The molecule has 0 aliphatic carbocycles. The smallest absolute Gasteiger partial charge is 0.406 e. The van der Waals surface area contributed by atoms with Crippen LogP contribution < -0.4 is 10.1 Å². The SMILES string of the molecule is O=C(Nc1nnc(SCc2cccs2)s1)c1ccc(OC(F)(F)F)cc1. The second-order valence-electron chi connectivity index (χ2n) is 4.77. The molecule has 11 heteroatoms. The van der Waals surface area contributed by atoms with Crippen molar-refractivity contribution in [2.45, 2.75) is 16.5 Å². The summed E-state index contributed by atoms with van der Waals surface area (Å²) >= 11 is 4.39. The van der Waals surface area contributed by atoms with Crippen molar-refractivity contribution < 1.29 is 22.7 Å². The highest BCUT2D eigenvalue weighted by molar-refractivity contribution is 8.00. The van der Waals surface area contributed by atoms with Gasteiger partial charge in [-0.05, 0) is 35.7 Å². The minimum absolute atomic E-state index is 0.183. The van der Waals surface area contributed by atoms with E-state index >= 15 is 0 Å². The molecule has 1 N–H and O–H groups in total. The van der Waals surface area contributed by atoms with Crippen molar-refractivity contribution in [1.29, 1.82) is 0 Å². The first-order valence-electron chi connectivity index (χ1n) is 7.05. The molecule has 5 nitrogen and oxygen atoms in total. The van der Waals surface area contributed by atoms with Crippen molar-refractivity contribution in [1.82, 2.24) is 10.2 Å². The summed E-state index contributed by atoms with van der Waals surface area (Å²) in [5.74, 6) is -0.118. The molecule has 1 aromatic carbocycles. The van der Waals surface area contributed by atoms with Crippen LogP contribution >= 0.6 is 34.4 Å². The predicted octanol–water partition coefficient (Wildman–Crippen LogP) is 5.04. The fourth-order valence-corrected chi connectivity index (χ4v) is 4.34. The third-order valence-corrected chi connectivity index (χ3v) is 5.97. The fourth-order valence-electron chi connectivity index (χ4n) is 1.82. The standard InChI is InChI=1S/C15H10F3N3O2S3/c16-15(17,18)23-10-5-3-9(4-6-10)12(22)19-13-20-21-14(26-13)25-8-11-2-1-7-24-11/h1-7H,8H2,(H,19,20,22). The molecule has 0 aliphatic rings. The topological polar surface area (TPSA) is 64.1 Å². The lowest BCUT2D eigenvalue weighted by molar-refractivity contribution is -0.274. The molecule has 2 heterocycles. The molecule has 1 amide bonds. The summed E-state index contributed by atoms with van der Waals surface area (Å²) < 4.78 is 40.9. The number of nitrogens with one attached hydrogen (secondary N) is 1. The predicted molar refractivity (Wildman–Crippen MR) is 94.9 cm³/mol. The van der Waals surface area contributed by atoms with Crippen LogP contribution in [0, 0.1) is 0 Å². The van der Waals surface area contributed by atoms with Gasteiger partial charge in [0.1, 0.15) is 5.75 Å². The average Bonchev–Trinajstić information content (AvgIpc) is 3.23. The zero-order valence-corrected chi connectivity index (χ0v) is 15.3. The lowest BCUT2D eigenvalue weighted by atomic mass is 10.2. The van der Waals surface area contributed by atoms with Gasteiger partial charge in [-0.3, -0.25) is 10.1 Å². The van der Waals surface area contributed by atoms with Gasteiger partial charge in [-0.2, -0.15) is 0 Å². The van der Waals surface area contributed by atoms with E-state index in [1.807, 2.05) is 17.5 Å². The van der Waals surface area contributed by atoms with E-state index in [2.05, 4.69) is 20.3 Å². The van der Waals surface area contributed by atoms with Gasteiger partial charge in [0.05, 0.1) is 0 Å². The van der Waals surface area contributed by atoms with Crippen molar-refractivity contribution in [2.24, 2.45) is 0 Å². The molecule has 2 aromatic heterocycles. The molecule has 0 radical (unpaired) electrons. The number of aromatic nitrogens is 2. The molecule has 3 aromatic rings. The molecule has 0 saturated carbocycles. The minimum atomic E-state index is -4.77. The van der Waals surface area contributed by atoms with Gasteiger partial charge in [0.25, 0.3) is 5.91 Å². The van der Waals surface area contributed by atoms with Gasteiger partial charge < -0.3 is 4.74 Å². The first-order valence-corrected chi connectivity index (χ1v) is 9.73. The number of rotatable bonds is 6. The molecule has 0 fully saturated rings. The number of anilines is 1. The summed E-state index contributed by atoms with van der Waals surface area (Å²) in [6.07, 6.45) is -4.77. The van der Waals surface area contributed by atoms with Crippen molar-refractivity contribution >= 4 is 45.5 Å². The first-order chi connectivity index (χ1) is 12.4. The van der Waals surface area contributed by atoms with Gasteiger partial charge in [-0.1, -0.05) is 29.2 Å². The number of carbonyl (C=O) groups is 1. The Bertz CT molecular complexity index is 864. The highest BCUT2D eigenvalue weighted by Gasteiger charge is 2.31. The van der Waals surface area contributed by atoms with E-state index in [-0.39, 0.29) is 5.56 Å². The Kier molecular flexibility index (Phi) is 5.79. The van der Waals surface area contributed by atoms with E-state index in [9.17, 15) is 18.0 Å². The van der Waals surface area contributed by atoms with E-state index < -0.39 is 18.0 Å². The Balaban J connectivity index is 1.56. The lowest BCUT2D eigenvalue weighted by Gasteiger charge is -2.08. The number of halogens is 3. The minimum Gasteiger partial charge on any atom is -0.406 e. The number of amides is 1. The van der Waals surface area contributed by atoms with E-state index in [1.165, 1.54) is 40.1 Å². The number of nitrogens with zero attached hydrogens (tertiary/aromatic N) is 2. The Morgan fingerprint density at radius 1 is 1.19 bits per heavy atom. The number of carbonyl (C=O) groups excluding carboxylic acids is 1. The van der Waals surface area contributed by atoms with E-state index in [1.54, 1.807) is 11.3 Å². The van der Waals surface area contributed by atoms with Crippen molar-refractivity contribution in [2.75, 3.05) is 5.32 Å². The van der Waals surface area contributed by atoms with E-state index in [0.717, 1.165) is 17.9 Å². The zero-order chi connectivity index (χ0) is 18.6. The maximum Gasteiger partial charge on any atom is 0.573 e. The highest BCUT2D eigenvalue weighted by Crippen LogP contribution is 2.30. The van der Waals surface area contributed by atoms with Crippen LogP contribution in [0.4, 0.5) is 18.3 Å². The van der Waals surface area contributed by atoms with Crippen LogP contribution in [0.3, 0.4) is 0 Å². The van der Waals surface area contributed by atoms with E-state index in [4.69, 9.17) is 0 Å². The van der Waals surface area contributed by atoms with Gasteiger partial charge >= 0.3 is 6.36 Å². The monoisotopic (exact) mass is 417 g/mol. The Labute approximate surface area is 158 Å². The number of hydrogen-bond acceptors (Lipinski definition) is 7. The molecule has 0 bridgehead atoms. The molecule has 0 unspecified atom stereocenters. The lowest BCUT2D eigenvalue weighted by Crippen LogP contribution is -2.17. The van der Waals surface area contributed by atoms with E-state index in [0.29, 0.717) is 9.47 Å². The number of thioether (sulfide) groups is 1. The van der Waals surface area contributed by atoms with Gasteiger partial charge in [0.15, 0.2) is 4.34 Å². The maximum absolute atomic E-state index is 12.1. The number of thiophene rings is 1. The molecule has 136 valence electrons. The molecule has 26 heavy (non-hydrogen) atoms. The molecule has 3 rings (SSSR count). The van der Waals surface area contributed by atoms with Gasteiger partial charge in [0, 0.05) is 16.2 Å². The number of benzene rings is 1. The quantitative estimate of drug-likeness (QED) is 0.450. The summed E-state index contributed by atoms with van der Waals surface area (Å²) in [6, 6.07) is 8.62. The van der Waals surface area contributed by atoms with Crippen LogP contribution in [-0.2, 0) is 5.75 Å². The highest BCUT2D eigenvalue weighted by atomic mass is 32.2. The fraction of sp³-hybridized carbons (Fsp3) is 0.133. The summed E-state index contributed by atoms with van der Waals surface area (Å²) in [5, 5.41) is 12.8. The largest absolute Gasteiger partial charge is 0.573 e. The molecular weight excluding hydrogens is 407 g/mol. The summed E-state index contributed by atoms with van der Waals surface area (Å²) in [5.41, 5.74) is 0.183. The maximum atomic E-state index is 12.1. The van der Waals surface area contributed by atoms with Crippen molar-refractivity contribution in [3.63, 3.8) is 0 Å². The second-order valence-corrected chi connectivity index (χ2v) is 8.00. The van der Waals surface area contributed by atoms with Gasteiger partial charge in [-0.25, -0.2) is 0 Å². The van der Waals surface area contributed by atoms with Gasteiger partial charge in [0.2, 0.25) is 5.13 Å². The molecular formula is C15H10F3N3O2S3. The average molecular weight is 417 g/mol. The molecule has 0 saturated heterocycles. The number of hydrogen-bond donors (Lipinski definition) is 1. The summed E-state index contributed by atoms with van der Waals surface area (Å²) in [6.45, 7) is 0. The molecule has 0 spiro atoms. The third-order valence-electron chi connectivity index (χ3n) is 2.90. The first kappa shape index (κ1) is 18.7. The third kappa shape index (κ3) is 5.44. The Morgan fingerprint density at radius 2 is 1.96 bits per heavy atom. The van der Waals surface area contributed by atoms with Crippen LogP contribution in [0.15, 0.2) is 46.1 Å². The molecule has 0 aliphatic heterocycles. The van der Waals surface area contributed by atoms with Crippen LogP contribution in [0.25, 0.3) is 0 Å². The van der Waals surface area contributed by atoms with Crippen LogP contribution in [0.1, 0.15) is 15.2 Å². The summed E-state index contributed by atoms with van der Waals surface area (Å²) in [7, 11) is 0. The summed E-state index contributed by atoms with van der Waals surface area (Å²) in [4.78, 5) is 13.3. The molecule has 0 atom stereocenters. The Hall–Kier alpha value is -2.11. The van der Waals surface area contributed by atoms with Crippen molar-refractivity contribution in [3.05, 3.63) is 52.2 Å². The van der Waals surface area contributed by atoms with Crippen LogP contribution in [0.5, 0.6) is 5.75 Å². The van der Waals surface area contributed by atoms with Crippen molar-refractivity contribution in [3.8, 4) is 5.75 Å². The van der Waals surface area contributed by atoms with Gasteiger partial charge in [-0.15, -0.1) is 34.7 Å². The Morgan fingerprint density at radius 3 is 2.62 bits per heavy atom. The normalized spacial score (nSPS) is 11.3. The zero-order valence-electron chi connectivity index (χ0n) is 12.8. The number of alkyl halides is 3. The van der Waals surface area contributed by atoms with Crippen LogP contribution in [0.2, 0.25) is 0 Å². The number of ether oxygens (including phenoxy) is 1. The second kappa shape index (κ2) is 8.06.